The van der Waals surface area contributed by atoms with Crippen LogP contribution in [0.15, 0.2) is 30.4 Å². The first kappa shape index (κ1) is 12.5. The molecule has 4 heteroatoms. The molecule has 1 aromatic carbocycles. The smallest absolute Gasteiger partial charge is 0.124 e. The van der Waals surface area contributed by atoms with Gasteiger partial charge in [0, 0.05) is 11.8 Å². The van der Waals surface area contributed by atoms with Gasteiger partial charge in [0.25, 0.3) is 0 Å². The fourth-order valence-corrected chi connectivity index (χ4v) is 1.27. The fraction of sp³-hybridized carbons (Fsp3) is 0.250. The third kappa shape index (κ3) is 3.87. The SMILES string of the molecule is COc1cc(C#N)cc(OC/C=C/CS)c1. The summed E-state index contributed by atoms with van der Waals surface area (Å²) in [5.74, 6) is 1.93. The number of methoxy groups -OCH3 is 1. The normalized spacial score (nSPS) is 10.1. The van der Waals surface area contributed by atoms with E-state index in [0.717, 1.165) is 0 Å². The monoisotopic (exact) mass is 235 g/mol. The molecule has 0 unspecified atom stereocenters. The van der Waals surface area contributed by atoms with Crippen LogP contribution < -0.4 is 9.47 Å². The predicted molar refractivity (Wildman–Crippen MR) is 66.2 cm³/mol. The Bertz CT molecular complexity index is 410. The lowest BCUT2D eigenvalue weighted by atomic mass is 10.2. The first-order valence-electron chi connectivity index (χ1n) is 4.78. The van der Waals surface area contributed by atoms with Crippen LogP contribution in [0, 0.1) is 11.3 Å². The molecule has 0 saturated heterocycles. The molecule has 0 radical (unpaired) electrons. The van der Waals surface area contributed by atoms with E-state index < -0.39 is 0 Å². The summed E-state index contributed by atoms with van der Waals surface area (Å²) in [7, 11) is 1.56. The van der Waals surface area contributed by atoms with Crippen LogP contribution >= 0.6 is 12.6 Å². The summed E-state index contributed by atoms with van der Waals surface area (Å²) in [5.41, 5.74) is 0.521. The molecule has 0 aliphatic carbocycles. The maximum atomic E-state index is 8.81. The molecule has 0 aliphatic heterocycles. The molecule has 0 atom stereocenters. The van der Waals surface area contributed by atoms with E-state index in [1.54, 1.807) is 25.3 Å². The van der Waals surface area contributed by atoms with Gasteiger partial charge in [0.2, 0.25) is 0 Å². The van der Waals surface area contributed by atoms with Crippen molar-refractivity contribution >= 4 is 12.6 Å². The number of nitriles is 1. The standard InChI is InChI=1S/C12H13NO2S/c1-14-11-6-10(9-13)7-12(8-11)15-4-2-3-5-16/h2-3,6-8,16H,4-5H2,1H3/b3-2+. The summed E-state index contributed by atoms with van der Waals surface area (Å²) < 4.78 is 10.5. The zero-order chi connectivity index (χ0) is 11.8. The molecule has 0 aliphatic rings. The van der Waals surface area contributed by atoms with Gasteiger partial charge in [-0.05, 0) is 12.1 Å². The lowest BCUT2D eigenvalue weighted by Crippen LogP contribution is -1.95. The Kier molecular flexibility index (Phi) is 5.30. The summed E-state index contributed by atoms with van der Waals surface area (Å²) >= 11 is 4.04. The van der Waals surface area contributed by atoms with Gasteiger partial charge in [-0.3, -0.25) is 0 Å². The molecule has 0 spiro atoms. The van der Waals surface area contributed by atoms with Crippen molar-refractivity contribution in [3.05, 3.63) is 35.9 Å². The Balaban J connectivity index is 2.72. The Hall–Kier alpha value is -1.60. The highest BCUT2D eigenvalue weighted by atomic mass is 32.1. The minimum Gasteiger partial charge on any atom is -0.497 e. The molecule has 0 fully saturated rings. The molecule has 0 heterocycles. The Morgan fingerprint density at radius 2 is 2.06 bits per heavy atom. The van der Waals surface area contributed by atoms with Crippen molar-refractivity contribution in [1.82, 2.24) is 0 Å². The summed E-state index contributed by atoms with van der Waals surface area (Å²) in [6, 6.07) is 7.14. The molecular weight excluding hydrogens is 222 g/mol. The van der Waals surface area contributed by atoms with E-state index in [1.807, 2.05) is 12.2 Å². The summed E-state index contributed by atoms with van der Waals surface area (Å²) in [6.07, 6.45) is 3.77. The molecule has 84 valence electrons. The van der Waals surface area contributed by atoms with E-state index in [2.05, 4.69) is 18.7 Å². The Morgan fingerprint density at radius 1 is 1.31 bits per heavy atom. The Morgan fingerprint density at radius 3 is 2.69 bits per heavy atom. The van der Waals surface area contributed by atoms with Gasteiger partial charge in [-0.2, -0.15) is 17.9 Å². The third-order valence-electron chi connectivity index (χ3n) is 1.86. The molecule has 0 amide bonds. The van der Waals surface area contributed by atoms with Crippen molar-refractivity contribution in [1.29, 1.82) is 5.26 Å². The topological polar surface area (TPSA) is 42.2 Å². The first-order chi connectivity index (χ1) is 7.80. The van der Waals surface area contributed by atoms with E-state index in [1.165, 1.54) is 0 Å². The van der Waals surface area contributed by atoms with Gasteiger partial charge in [0.1, 0.15) is 18.1 Å². The van der Waals surface area contributed by atoms with Crippen molar-refractivity contribution in [2.24, 2.45) is 0 Å². The molecule has 3 nitrogen and oxygen atoms in total. The Labute approximate surface area is 101 Å². The largest absolute Gasteiger partial charge is 0.497 e. The van der Waals surface area contributed by atoms with E-state index in [4.69, 9.17) is 14.7 Å². The lowest BCUT2D eigenvalue weighted by molar-refractivity contribution is 0.356. The van der Waals surface area contributed by atoms with Crippen LogP contribution in [0.25, 0.3) is 0 Å². The van der Waals surface area contributed by atoms with Crippen LogP contribution in [-0.4, -0.2) is 19.5 Å². The van der Waals surface area contributed by atoms with Gasteiger partial charge in [0.15, 0.2) is 0 Å². The maximum Gasteiger partial charge on any atom is 0.124 e. The first-order valence-corrected chi connectivity index (χ1v) is 5.41. The molecule has 1 rings (SSSR count). The predicted octanol–water partition coefficient (Wildman–Crippen LogP) is 2.43. The molecular formula is C12H13NO2S. The fourth-order valence-electron chi connectivity index (χ4n) is 1.12. The molecule has 0 saturated carbocycles. The zero-order valence-corrected chi connectivity index (χ0v) is 9.91. The number of rotatable bonds is 5. The molecule has 1 aromatic rings. The summed E-state index contributed by atoms with van der Waals surface area (Å²) in [5, 5.41) is 8.81. The second kappa shape index (κ2) is 6.81. The van der Waals surface area contributed by atoms with Crippen molar-refractivity contribution in [3.63, 3.8) is 0 Å². The minimum absolute atomic E-state index is 0.457. The van der Waals surface area contributed by atoms with E-state index in [9.17, 15) is 0 Å². The summed E-state index contributed by atoms with van der Waals surface area (Å²) in [6.45, 7) is 0.457. The van der Waals surface area contributed by atoms with E-state index >= 15 is 0 Å². The molecule has 0 N–H and O–H groups in total. The van der Waals surface area contributed by atoms with Crippen molar-refractivity contribution < 1.29 is 9.47 Å². The van der Waals surface area contributed by atoms with Crippen LogP contribution in [0.2, 0.25) is 0 Å². The van der Waals surface area contributed by atoms with Gasteiger partial charge in [-0.15, -0.1) is 0 Å². The average Bonchev–Trinajstić information content (AvgIpc) is 2.34. The van der Waals surface area contributed by atoms with Crippen molar-refractivity contribution in [2.45, 2.75) is 0 Å². The second-order valence-electron chi connectivity index (χ2n) is 2.97. The summed E-state index contributed by atoms with van der Waals surface area (Å²) in [4.78, 5) is 0. The highest BCUT2D eigenvalue weighted by molar-refractivity contribution is 7.80. The van der Waals surface area contributed by atoms with Gasteiger partial charge in [0.05, 0.1) is 18.7 Å². The lowest BCUT2D eigenvalue weighted by Gasteiger charge is -2.06. The van der Waals surface area contributed by atoms with Crippen LogP contribution in [-0.2, 0) is 0 Å². The number of nitrogens with zero attached hydrogens (tertiary/aromatic N) is 1. The molecule has 0 aromatic heterocycles. The number of hydrogen-bond acceptors (Lipinski definition) is 4. The van der Waals surface area contributed by atoms with Gasteiger partial charge in [-0.1, -0.05) is 12.2 Å². The number of ether oxygens (including phenoxy) is 2. The van der Waals surface area contributed by atoms with Crippen molar-refractivity contribution in [2.75, 3.05) is 19.5 Å². The quantitative estimate of drug-likeness (QED) is 0.629. The van der Waals surface area contributed by atoms with Gasteiger partial charge < -0.3 is 9.47 Å². The highest BCUT2D eigenvalue weighted by Crippen LogP contribution is 2.22. The van der Waals surface area contributed by atoms with E-state index in [0.29, 0.717) is 29.4 Å². The minimum atomic E-state index is 0.457. The highest BCUT2D eigenvalue weighted by Gasteiger charge is 2.01. The zero-order valence-electron chi connectivity index (χ0n) is 9.01. The van der Waals surface area contributed by atoms with Crippen LogP contribution in [0.4, 0.5) is 0 Å². The van der Waals surface area contributed by atoms with E-state index in [-0.39, 0.29) is 0 Å². The van der Waals surface area contributed by atoms with Crippen LogP contribution in [0.3, 0.4) is 0 Å². The average molecular weight is 235 g/mol. The van der Waals surface area contributed by atoms with Crippen LogP contribution in [0.5, 0.6) is 11.5 Å². The number of thiol groups is 1. The number of hydrogen-bond donors (Lipinski definition) is 1. The molecule has 0 bridgehead atoms. The second-order valence-corrected chi connectivity index (χ2v) is 3.34. The van der Waals surface area contributed by atoms with Crippen LogP contribution in [0.1, 0.15) is 5.56 Å². The van der Waals surface area contributed by atoms with Crippen molar-refractivity contribution in [3.8, 4) is 17.6 Å². The number of benzene rings is 1. The van der Waals surface area contributed by atoms with Gasteiger partial charge in [-0.25, -0.2) is 0 Å². The third-order valence-corrected chi connectivity index (χ3v) is 2.07. The molecule has 16 heavy (non-hydrogen) atoms. The maximum absolute atomic E-state index is 8.81. The van der Waals surface area contributed by atoms with Gasteiger partial charge >= 0.3 is 0 Å².